The van der Waals surface area contributed by atoms with Gasteiger partial charge >= 0.3 is 0 Å². The summed E-state index contributed by atoms with van der Waals surface area (Å²) in [4.78, 5) is 4.90. The monoisotopic (exact) mass is 614 g/mol. The highest BCUT2D eigenvalue weighted by molar-refractivity contribution is 6.08. The lowest BCUT2D eigenvalue weighted by Crippen LogP contribution is -2.22. The molecule has 226 valence electrons. The molecule has 0 amide bonds. The first kappa shape index (κ1) is 26.9. The van der Waals surface area contributed by atoms with E-state index in [1.807, 2.05) is 22.7 Å². The lowest BCUT2D eigenvalue weighted by atomic mass is 9.74. The summed E-state index contributed by atoms with van der Waals surface area (Å²) in [6, 6.07) is 58.7. The topological polar surface area (TPSA) is 35.1 Å². The Hall–Kier alpha value is -6.26. The molecule has 0 radical (unpaired) electrons. The number of benzene rings is 6. The van der Waals surface area contributed by atoms with E-state index in [0.717, 1.165) is 44.7 Å². The molecule has 6 aromatic carbocycles. The molecule has 48 heavy (non-hydrogen) atoms. The second kappa shape index (κ2) is 10.1. The second-order valence-corrected chi connectivity index (χ2v) is 12.8. The number of rotatable bonds is 4. The largest absolute Gasteiger partial charge is 0.308 e. The highest BCUT2D eigenvalue weighted by atomic mass is 15.3. The minimum Gasteiger partial charge on any atom is -0.308 e. The van der Waals surface area contributed by atoms with Crippen molar-refractivity contribution in [1.82, 2.24) is 19.2 Å². The van der Waals surface area contributed by atoms with E-state index < -0.39 is 0 Å². The summed E-state index contributed by atoms with van der Waals surface area (Å²) in [5.41, 5.74) is 15.0. The number of hydrogen-bond acceptors (Lipinski definition) is 2. The first-order valence-corrected chi connectivity index (χ1v) is 16.4. The van der Waals surface area contributed by atoms with Gasteiger partial charge in [0.2, 0.25) is 0 Å². The van der Waals surface area contributed by atoms with E-state index in [0.29, 0.717) is 0 Å². The fourth-order valence-corrected chi connectivity index (χ4v) is 7.93. The Morgan fingerprint density at radius 3 is 2.10 bits per heavy atom. The van der Waals surface area contributed by atoms with Crippen molar-refractivity contribution in [1.29, 1.82) is 0 Å². The number of nitrogens with zero attached hydrogens (tertiary/aromatic N) is 4. The lowest BCUT2D eigenvalue weighted by molar-refractivity contribution is 0.714. The Morgan fingerprint density at radius 2 is 1.23 bits per heavy atom. The van der Waals surface area contributed by atoms with Gasteiger partial charge in [-0.2, -0.15) is 0 Å². The van der Waals surface area contributed by atoms with E-state index in [4.69, 9.17) is 10.1 Å². The summed E-state index contributed by atoms with van der Waals surface area (Å²) in [6.45, 7) is 2.37. The SMILES string of the molecule is CC1(c2ccccc2)c2ccccc2-c2ccc(-c3cccc(-n4c5ccccc5c5c4ccc4nc(-c6ccccc6)nn45)c3)cc21. The van der Waals surface area contributed by atoms with Crippen LogP contribution in [0.15, 0.2) is 164 Å². The van der Waals surface area contributed by atoms with Crippen LogP contribution in [0.2, 0.25) is 0 Å². The molecule has 3 aromatic heterocycles. The molecule has 0 N–H and O–H groups in total. The highest BCUT2D eigenvalue weighted by Crippen LogP contribution is 2.53. The number of aromatic nitrogens is 4. The van der Waals surface area contributed by atoms with Crippen LogP contribution < -0.4 is 0 Å². The van der Waals surface area contributed by atoms with Crippen molar-refractivity contribution in [2.45, 2.75) is 12.3 Å². The highest BCUT2D eigenvalue weighted by Gasteiger charge is 2.40. The summed E-state index contributed by atoms with van der Waals surface area (Å²) >= 11 is 0. The molecule has 1 unspecified atom stereocenters. The van der Waals surface area contributed by atoms with Gasteiger partial charge in [-0.05, 0) is 82.3 Å². The van der Waals surface area contributed by atoms with Crippen LogP contribution in [-0.2, 0) is 5.41 Å². The Morgan fingerprint density at radius 1 is 0.521 bits per heavy atom. The molecule has 1 aliphatic carbocycles. The number of para-hydroxylation sites is 1. The van der Waals surface area contributed by atoms with Crippen LogP contribution in [0.4, 0.5) is 0 Å². The van der Waals surface area contributed by atoms with Crippen LogP contribution in [0.3, 0.4) is 0 Å². The van der Waals surface area contributed by atoms with E-state index in [1.54, 1.807) is 0 Å². The van der Waals surface area contributed by atoms with Gasteiger partial charge < -0.3 is 4.57 Å². The predicted octanol–water partition coefficient (Wildman–Crippen LogP) is 10.5. The predicted molar refractivity (Wildman–Crippen MR) is 196 cm³/mol. The van der Waals surface area contributed by atoms with Gasteiger partial charge in [-0.15, -0.1) is 5.10 Å². The molecule has 3 heterocycles. The number of hydrogen-bond donors (Lipinski definition) is 0. The zero-order valence-corrected chi connectivity index (χ0v) is 26.4. The van der Waals surface area contributed by atoms with Gasteiger partial charge in [0, 0.05) is 22.1 Å². The third-order valence-corrected chi connectivity index (χ3v) is 10.3. The summed E-state index contributed by atoms with van der Waals surface area (Å²) in [5, 5.41) is 6.16. The molecule has 0 fully saturated rings. The van der Waals surface area contributed by atoms with Crippen LogP contribution in [-0.4, -0.2) is 19.2 Å². The molecule has 0 spiro atoms. The van der Waals surface area contributed by atoms with Gasteiger partial charge in [-0.3, -0.25) is 0 Å². The molecule has 4 heteroatoms. The summed E-state index contributed by atoms with van der Waals surface area (Å²) in [5.74, 6) is 0.725. The molecule has 0 bridgehead atoms. The second-order valence-electron chi connectivity index (χ2n) is 12.8. The average molecular weight is 615 g/mol. The fraction of sp³-hybridized carbons (Fsp3) is 0.0455. The maximum absolute atomic E-state index is 5.01. The van der Waals surface area contributed by atoms with Crippen molar-refractivity contribution < 1.29 is 0 Å². The van der Waals surface area contributed by atoms with Crippen molar-refractivity contribution in [3.05, 3.63) is 180 Å². The maximum atomic E-state index is 5.01. The van der Waals surface area contributed by atoms with Crippen LogP contribution in [0, 0.1) is 0 Å². The molecule has 10 rings (SSSR count). The van der Waals surface area contributed by atoms with Crippen LogP contribution in [0.25, 0.3) is 66.9 Å². The Bertz CT molecular complexity index is 2680. The molecule has 1 aliphatic rings. The van der Waals surface area contributed by atoms with Crippen molar-refractivity contribution in [3.63, 3.8) is 0 Å². The third-order valence-electron chi connectivity index (χ3n) is 10.3. The third kappa shape index (κ3) is 3.77. The maximum Gasteiger partial charge on any atom is 0.182 e. The zero-order chi connectivity index (χ0) is 31.8. The quantitative estimate of drug-likeness (QED) is 0.198. The van der Waals surface area contributed by atoms with Crippen molar-refractivity contribution in [2.24, 2.45) is 0 Å². The molecule has 9 aromatic rings. The van der Waals surface area contributed by atoms with Gasteiger partial charge in [-0.1, -0.05) is 127 Å². The van der Waals surface area contributed by atoms with Crippen molar-refractivity contribution in [2.75, 3.05) is 0 Å². The van der Waals surface area contributed by atoms with E-state index in [-0.39, 0.29) is 5.41 Å². The van der Waals surface area contributed by atoms with Gasteiger partial charge in [0.1, 0.15) is 5.52 Å². The molecule has 0 aliphatic heterocycles. The Labute approximate surface area is 278 Å². The van der Waals surface area contributed by atoms with Crippen molar-refractivity contribution in [3.8, 4) is 39.3 Å². The molecular formula is C44H30N4. The van der Waals surface area contributed by atoms with Gasteiger partial charge in [0.15, 0.2) is 11.5 Å². The summed E-state index contributed by atoms with van der Waals surface area (Å²) in [6.07, 6.45) is 0. The molecule has 0 saturated heterocycles. The first-order valence-electron chi connectivity index (χ1n) is 16.4. The molecule has 4 nitrogen and oxygen atoms in total. The normalized spacial score (nSPS) is 15.3. The van der Waals surface area contributed by atoms with Crippen molar-refractivity contribution >= 4 is 27.6 Å². The summed E-state index contributed by atoms with van der Waals surface area (Å²) < 4.78 is 4.36. The lowest BCUT2D eigenvalue weighted by Gasteiger charge is -2.28. The van der Waals surface area contributed by atoms with E-state index in [2.05, 4.69) is 157 Å². The smallest absolute Gasteiger partial charge is 0.182 e. The van der Waals surface area contributed by atoms with Crippen LogP contribution in [0.1, 0.15) is 23.6 Å². The average Bonchev–Trinajstić information content (AvgIpc) is 3.82. The van der Waals surface area contributed by atoms with Gasteiger partial charge in [-0.25, -0.2) is 9.50 Å². The Balaban J connectivity index is 1.15. The Kier molecular flexibility index (Phi) is 5.67. The van der Waals surface area contributed by atoms with E-state index >= 15 is 0 Å². The molecule has 1 atom stereocenters. The number of pyridine rings is 1. The summed E-state index contributed by atoms with van der Waals surface area (Å²) in [7, 11) is 0. The molecular weight excluding hydrogens is 585 g/mol. The van der Waals surface area contributed by atoms with Crippen LogP contribution in [0.5, 0.6) is 0 Å². The minimum absolute atomic E-state index is 0.241. The van der Waals surface area contributed by atoms with Gasteiger partial charge in [0.25, 0.3) is 0 Å². The fourth-order valence-electron chi connectivity index (χ4n) is 7.93. The van der Waals surface area contributed by atoms with E-state index in [1.165, 1.54) is 38.9 Å². The van der Waals surface area contributed by atoms with Crippen LogP contribution >= 0.6 is 0 Å². The van der Waals surface area contributed by atoms with Gasteiger partial charge in [0.05, 0.1) is 11.0 Å². The zero-order valence-electron chi connectivity index (χ0n) is 26.4. The minimum atomic E-state index is -0.241. The first-order chi connectivity index (χ1) is 23.7. The van der Waals surface area contributed by atoms with E-state index in [9.17, 15) is 0 Å². The standard InChI is InChI=1S/C44H30N4/c1-44(32-16-6-3-7-17-32)37-21-10-8-19-34(37)35-24-23-31(28-38(35)44)30-15-12-18-33(27-30)47-39-22-11-9-20-36(39)42-40(47)25-26-41-45-43(46-48(41)42)29-13-4-2-5-14-29/h2-28H,1H3. The molecule has 0 saturated carbocycles. The number of fused-ring (bicyclic) bond motifs is 8.